The maximum Gasteiger partial charge on any atom is 0.322 e. The molecule has 20 heavy (non-hydrogen) atoms. The van der Waals surface area contributed by atoms with E-state index in [1.807, 2.05) is 0 Å². The number of nitriles is 2. The normalized spacial score (nSPS) is 19.6. The number of allylic oxidation sites excluding steroid dienone is 4. The number of halogens is 4. The van der Waals surface area contributed by atoms with Gasteiger partial charge in [-0.2, -0.15) is 5.26 Å². The zero-order chi connectivity index (χ0) is 15.4. The Labute approximate surface area is 110 Å². The molecule has 0 bridgehead atoms. The van der Waals surface area contributed by atoms with Gasteiger partial charge in [0.25, 0.3) is 5.70 Å². The summed E-state index contributed by atoms with van der Waals surface area (Å²) >= 11 is 0. The van der Waals surface area contributed by atoms with Crippen molar-refractivity contribution in [3.8, 4) is 12.1 Å². The molecular weight excluding hydrogens is 276 g/mol. The minimum absolute atomic E-state index is 1.11. The third-order valence-electron chi connectivity index (χ3n) is 2.45. The van der Waals surface area contributed by atoms with Crippen LogP contribution in [0, 0.1) is 41.7 Å². The van der Waals surface area contributed by atoms with E-state index in [-0.39, 0.29) is 0 Å². The van der Waals surface area contributed by atoms with Crippen molar-refractivity contribution in [2.75, 3.05) is 0 Å². The van der Waals surface area contributed by atoms with Gasteiger partial charge in [0.15, 0.2) is 35.3 Å². The first kappa shape index (κ1) is 15.0. The van der Waals surface area contributed by atoms with Crippen LogP contribution in [-0.2, 0) is 0 Å². The van der Waals surface area contributed by atoms with Crippen molar-refractivity contribution in [1.29, 1.82) is 10.5 Å². The number of nitrogens with zero attached hydrogens (tertiary/aromatic N) is 4. The van der Waals surface area contributed by atoms with Crippen LogP contribution in [0.1, 0.15) is 0 Å². The summed E-state index contributed by atoms with van der Waals surface area (Å²) in [6, 6.07) is 0.338. The molecule has 0 radical (unpaired) electrons. The number of hydrogen-bond donors (Lipinski definition) is 0. The molecule has 0 N–H and O–H groups in total. The minimum Gasteiger partial charge on any atom is -0.296 e. The van der Waals surface area contributed by atoms with Gasteiger partial charge in [0.1, 0.15) is 0 Å². The molecule has 0 aromatic carbocycles. The Morgan fingerprint density at radius 2 is 1.60 bits per heavy atom. The summed E-state index contributed by atoms with van der Waals surface area (Å²) in [6.07, 6.45) is 0. The lowest BCUT2D eigenvalue weighted by Crippen LogP contribution is -2.22. The lowest BCUT2D eigenvalue weighted by molar-refractivity contribution is 0.368. The predicted molar refractivity (Wildman–Crippen MR) is 57.2 cm³/mol. The molecule has 0 aliphatic heterocycles. The molecule has 1 atom stereocenters. The zero-order valence-corrected chi connectivity index (χ0v) is 9.46. The Hall–Kier alpha value is -3.10. The highest BCUT2D eigenvalue weighted by Gasteiger charge is 2.45. The maximum absolute atomic E-state index is 13.7. The smallest absolute Gasteiger partial charge is 0.296 e. The summed E-state index contributed by atoms with van der Waals surface area (Å²) in [5.41, 5.74) is -2.60. The van der Waals surface area contributed by atoms with E-state index in [1.54, 1.807) is 0 Å². The lowest BCUT2D eigenvalue weighted by Gasteiger charge is -2.19. The second kappa shape index (κ2) is 5.69. The lowest BCUT2D eigenvalue weighted by atomic mass is 9.89. The van der Waals surface area contributed by atoms with E-state index < -0.39 is 46.5 Å². The molecule has 0 heterocycles. The topological polar surface area (TPSA) is 56.3 Å². The fourth-order valence-corrected chi connectivity index (χ4v) is 1.52. The second-order valence-corrected chi connectivity index (χ2v) is 3.45. The van der Waals surface area contributed by atoms with Crippen molar-refractivity contribution in [3.63, 3.8) is 0 Å². The summed E-state index contributed by atoms with van der Waals surface area (Å²) in [5, 5.41) is 17.1. The van der Waals surface area contributed by atoms with E-state index in [4.69, 9.17) is 23.7 Å². The second-order valence-electron chi connectivity index (χ2n) is 3.45. The van der Waals surface area contributed by atoms with Gasteiger partial charge in [-0.15, -0.1) is 0 Å². The van der Waals surface area contributed by atoms with Crippen molar-refractivity contribution in [2.45, 2.75) is 6.04 Å². The molecule has 0 fully saturated rings. The van der Waals surface area contributed by atoms with Gasteiger partial charge in [0, 0.05) is 0 Å². The molecule has 0 aromatic rings. The largest absolute Gasteiger partial charge is 0.322 e. The van der Waals surface area contributed by atoms with Crippen LogP contribution in [-0.4, -0.2) is 6.04 Å². The van der Waals surface area contributed by atoms with E-state index in [0.717, 1.165) is 6.07 Å². The molecule has 0 amide bonds. The average Bonchev–Trinajstić information content (AvgIpc) is 2.46. The Balaban J connectivity index is 3.67. The van der Waals surface area contributed by atoms with Gasteiger partial charge in [-0.1, -0.05) is 0 Å². The minimum atomic E-state index is -2.34. The first-order chi connectivity index (χ1) is 9.44. The van der Waals surface area contributed by atoms with Gasteiger partial charge in [-0.25, -0.2) is 34.2 Å². The van der Waals surface area contributed by atoms with Gasteiger partial charge in [-0.05, 0) is 0 Å². The third kappa shape index (κ3) is 2.11. The van der Waals surface area contributed by atoms with E-state index in [9.17, 15) is 17.6 Å². The Bertz CT molecular complexity index is 661. The highest BCUT2D eigenvalue weighted by molar-refractivity contribution is 5.56. The Morgan fingerprint density at radius 3 is 1.90 bits per heavy atom. The number of hydrogen-bond acceptors (Lipinski definition) is 2. The third-order valence-corrected chi connectivity index (χ3v) is 2.45. The van der Waals surface area contributed by atoms with Crippen LogP contribution in [0.25, 0.3) is 9.69 Å². The van der Waals surface area contributed by atoms with Gasteiger partial charge in [0.05, 0.1) is 18.2 Å². The molecule has 0 spiro atoms. The first-order valence-electron chi connectivity index (χ1n) is 4.83. The van der Waals surface area contributed by atoms with E-state index in [0.29, 0.717) is 0 Å². The van der Waals surface area contributed by atoms with E-state index in [1.165, 1.54) is 6.07 Å². The fourth-order valence-electron chi connectivity index (χ4n) is 1.52. The molecule has 98 valence electrons. The van der Waals surface area contributed by atoms with Crippen LogP contribution in [0.4, 0.5) is 17.6 Å². The van der Waals surface area contributed by atoms with Gasteiger partial charge < -0.3 is 0 Å². The number of rotatable bonds is 1. The van der Waals surface area contributed by atoms with Crippen molar-refractivity contribution in [1.82, 2.24) is 0 Å². The fraction of sp³-hybridized carbons (Fsp3) is 0.167. The van der Waals surface area contributed by atoms with Crippen molar-refractivity contribution >= 4 is 0 Å². The summed E-state index contributed by atoms with van der Waals surface area (Å²) in [7, 11) is 0. The standard InChI is InChI=1S/C12H2F4N4/c1-19-5(3-17)7-9(13)11(15)8(6(4-18)20-2)12(16)10(7)14/h5,7H. The molecule has 4 nitrogen and oxygen atoms in total. The summed E-state index contributed by atoms with van der Waals surface area (Å²) in [4.78, 5) is 5.05. The molecule has 1 unspecified atom stereocenters. The summed E-state index contributed by atoms with van der Waals surface area (Å²) < 4.78 is 54.7. The van der Waals surface area contributed by atoms with Crippen LogP contribution in [0.5, 0.6) is 0 Å². The summed E-state index contributed by atoms with van der Waals surface area (Å²) in [6.45, 7) is 13.1. The summed E-state index contributed by atoms with van der Waals surface area (Å²) in [5.74, 6) is -10.0. The molecule has 0 saturated heterocycles. The van der Waals surface area contributed by atoms with Crippen LogP contribution in [0.2, 0.25) is 0 Å². The van der Waals surface area contributed by atoms with Gasteiger partial charge in [0.2, 0.25) is 0 Å². The molecule has 1 aliphatic carbocycles. The first-order valence-corrected chi connectivity index (χ1v) is 4.83. The molecule has 1 rings (SSSR count). The van der Waals surface area contributed by atoms with Crippen LogP contribution < -0.4 is 0 Å². The van der Waals surface area contributed by atoms with Gasteiger partial charge >= 0.3 is 6.04 Å². The molecule has 8 heteroatoms. The van der Waals surface area contributed by atoms with E-state index >= 15 is 0 Å². The molecule has 1 aliphatic rings. The quantitative estimate of drug-likeness (QED) is 0.419. The highest BCUT2D eigenvalue weighted by Crippen LogP contribution is 2.44. The van der Waals surface area contributed by atoms with Crippen LogP contribution in [0.3, 0.4) is 0 Å². The van der Waals surface area contributed by atoms with E-state index in [2.05, 4.69) is 9.69 Å². The average molecular weight is 278 g/mol. The Morgan fingerprint density at radius 1 is 1.10 bits per heavy atom. The SMILES string of the molecule is [C-]#[N+]C(C#N)=C1C(F)=C(F)C(C(C#N)[N+]#[C-])C(F)=C1F. The molecular formula is C12H2F4N4. The molecule has 0 saturated carbocycles. The Kier molecular flexibility index (Phi) is 4.26. The van der Waals surface area contributed by atoms with Crippen molar-refractivity contribution in [3.05, 3.63) is 57.4 Å². The monoisotopic (exact) mass is 278 g/mol. The molecule has 0 aromatic heterocycles. The van der Waals surface area contributed by atoms with Crippen molar-refractivity contribution < 1.29 is 17.6 Å². The maximum atomic E-state index is 13.7. The van der Waals surface area contributed by atoms with Crippen LogP contribution in [0.15, 0.2) is 34.6 Å². The van der Waals surface area contributed by atoms with Crippen molar-refractivity contribution in [2.24, 2.45) is 5.92 Å². The highest BCUT2D eigenvalue weighted by atomic mass is 19.2. The van der Waals surface area contributed by atoms with Gasteiger partial charge in [-0.3, -0.25) is 4.85 Å². The van der Waals surface area contributed by atoms with Crippen LogP contribution >= 0.6 is 0 Å². The predicted octanol–water partition coefficient (Wildman–Crippen LogP) is 3.43. The zero-order valence-electron chi connectivity index (χ0n) is 9.46.